The monoisotopic (exact) mass is 219 g/mol. The lowest BCUT2D eigenvalue weighted by Gasteiger charge is -2.17. The number of aliphatic hydroxyl groups excluding tert-OH is 1. The van der Waals surface area contributed by atoms with Gasteiger partial charge in [-0.3, -0.25) is 4.98 Å². The van der Waals surface area contributed by atoms with E-state index in [1.165, 1.54) is 5.57 Å². The maximum Gasteiger partial charge on any atom is 0.138 e. The van der Waals surface area contributed by atoms with E-state index >= 15 is 0 Å². The highest BCUT2D eigenvalue weighted by Crippen LogP contribution is 2.28. The molecule has 0 fully saturated rings. The number of nitrogens with zero attached hydrogens (tertiary/aromatic N) is 1. The molecule has 1 aliphatic carbocycles. The number of aliphatic hydroxyl groups is 1. The van der Waals surface area contributed by atoms with Gasteiger partial charge in [0.05, 0.1) is 18.9 Å². The third kappa shape index (κ3) is 2.61. The van der Waals surface area contributed by atoms with Gasteiger partial charge in [-0.1, -0.05) is 6.08 Å². The van der Waals surface area contributed by atoms with Gasteiger partial charge in [-0.15, -0.1) is 0 Å². The van der Waals surface area contributed by atoms with Gasteiger partial charge in [0.25, 0.3) is 0 Å². The van der Waals surface area contributed by atoms with Gasteiger partial charge in [-0.25, -0.2) is 0 Å². The molecule has 1 aromatic rings. The molecular weight excluding hydrogens is 202 g/mol. The van der Waals surface area contributed by atoms with Crippen molar-refractivity contribution >= 4 is 5.57 Å². The summed E-state index contributed by atoms with van der Waals surface area (Å²) >= 11 is 0. The minimum absolute atomic E-state index is 0.306. The van der Waals surface area contributed by atoms with E-state index < -0.39 is 0 Å². The number of hydrogen-bond donors (Lipinski definition) is 1. The van der Waals surface area contributed by atoms with E-state index in [1.54, 1.807) is 6.20 Å². The second-order valence-electron chi connectivity index (χ2n) is 3.99. The molecule has 0 amide bonds. The van der Waals surface area contributed by atoms with Crippen molar-refractivity contribution in [1.29, 1.82) is 0 Å². The van der Waals surface area contributed by atoms with Crippen LogP contribution in [0.2, 0.25) is 0 Å². The van der Waals surface area contributed by atoms with Gasteiger partial charge in [0.1, 0.15) is 5.75 Å². The molecule has 0 saturated heterocycles. The zero-order valence-corrected chi connectivity index (χ0v) is 9.52. The van der Waals surface area contributed by atoms with Crippen LogP contribution in [0.15, 0.2) is 24.5 Å². The average molecular weight is 219 g/mol. The van der Waals surface area contributed by atoms with E-state index in [2.05, 4.69) is 4.98 Å². The SMILES string of the molecule is CCOc1cncc(C2=CC(O)CCC2)c1. The molecule has 0 bridgehead atoms. The summed E-state index contributed by atoms with van der Waals surface area (Å²) in [5, 5.41) is 9.59. The first kappa shape index (κ1) is 11.1. The molecule has 0 aromatic carbocycles. The molecule has 1 aliphatic rings. The van der Waals surface area contributed by atoms with Gasteiger partial charge in [0.15, 0.2) is 0 Å². The Morgan fingerprint density at radius 1 is 1.50 bits per heavy atom. The number of pyridine rings is 1. The van der Waals surface area contributed by atoms with Crippen LogP contribution in [0.3, 0.4) is 0 Å². The predicted molar refractivity (Wildman–Crippen MR) is 63.2 cm³/mol. The summed E-state index contributed by atoms with van der Waals surface area (Å²) < 4.78 is 5.41. The van der Waals surface area contributed by atoms with Gasteiger partial charge in [-0.05, 0) is 43.4 Å². The van der Waals surface area contributed by atoms with Crippen molar-refractivity contribution in [2.75, 3.05) is 6.61 Å². The number of rotatable bonds is 3. The summed E-state index contributed by atoms with van der Waals surface area (Å²) in [6.07, 6.45) is 8.07. The zero-order chi connectivity index (χ0) is 11.4. The molecule has 0 saturated carbocycles. The quantitative estimate of drug-likeness (QED) is 0.848. The maximum absolute atomic E-state index is 9.59. The molecule has 1 aromatic heterocycles. The molecule has 3 nitrogen and oxygen atoms in total. The minimum Gasteiger partial charge on any atom is -0.492 e. The lowest BCUT2D eigenvalue weighted by atomic mass is 9.93. The molecule has 86 valence electrons. The van der Waals surface area contributed by atoms with Crippen LogP contribution in [0.1, 0.15) is 31.7 Å². The normalized spacial score (nSPS) is 20.4. The summed E-state index contributed by atoms with van der Waals surface area (Å²) in [7, 11) is 0. The van der Waals surface area contributed by atoms with Crippen LogP contribution in [-0.4, -0.2) is 22.8 Å². The Bertz CT molecular complexity index is 387. The van der Waals surface area contributed by atoms with E-state index in [0.29, 0.717) is 6.61 Å². The molecule has 1 heterocycles. The number of ether oxygens (including phenoxy) is 1. The molecule has 1 unspecified atom stereocenters. The first-order valence-electron chi connectivity index (χ1n) is 5.76. The highest BCUT2D eigenvalue weighted by molar-refractivity contribution is 5.67. The average Bonchev–Trinajstić information content (AvgIpc) is 2.30. The Morgan fingerprint density at radius 2 is 2.38 bits per heavy atom. The van der Waals surface area contributed by atoms with Crippen molar-refractivity contribution in [2.45, 2.75) is 32.3 Å². The molecule has 2 rings (SSSR count). The number of aromatic nitrogens is 1. The second-order valence-corrected chi connectivity index (χ2v) is 3.99. The van der Waals surface area contributed by atoms with Gasteiger partial charge in [0.2, 0.25) is 0 Å². The fraction of sp³-hybridized carbons (Fsp3) is 0.462. The third-order valence-corrected chi connectivity index (χ3v) is 2.73. The highest BCUT2D eigenvalue weighted by atomic mass is 16.5. The summed E-state index contributed by atoms with van der Waals surface area (Å²) in [6, 6.07) is 1.99. The van der Waals surface area contributed by atoms with Crippen LogP contribution in [0.25, 0.3) is 5.57 Å². The summed E-state index contributed by atoms with van der Waals surface area (Å²) in [6.45, 7) is 2.60. The Labute approximate surface area is 95.8 Å². The Hall–Kier alpha value is -1.35. The lowest BCUT2D eigenvalue weighted by molar-refractivity contribution is 0.206. The van der Waals surface area contributed by atoms with E-state index in [9.17, 15) is 5.11 Å². The number of hydrogen-bond acceptors (Lipinski definition) is 3. The molecule has 0 radical (unpaired) electrons. The fourth-order valence-corrected chi connectivity index (χ4v) is 1.98. The smallest absolute Gasteiger partial charge is 0.138 e. The van der Waals surface area contributed by atoms with Crippen LogP contribution in [0.5, 0.6) is 5.75 Å². The fourth-order valence-electron chi connectivity index (χ4n) is 1.98. The van der Waals surface area contributed by atoms with Crippen LogP contribution >= 0.6 is 0 Å². The predicted octanol–water partition coefficient (Wildman–Crippen LogP) is 2.41. The Balaban J connectivity index is 2.22. The Kier molecular flexibility index (Phi) is 3.57. The molecule has 1 atom stereocenters. The second kappa shape index (κ2) is 5.12. The van der Waals surface area contributed by atoms with E-state index in [-0.39, 0.29) is 6.10 Å². The summed E-state index contributed by atoms with van der Waals surface area (Å²) in [4.78, 5) is 4.16. The van der Waals surface area contributed by atoms with Crippen LogP contribution < -0.4 is 4.74 Å². The summed E-state index contributed by atoms with van der Waals surface area (Å²) in [5.74, 6) is 0.793. The first-order chi connectivity index (χ1) is 7.79. The standard InChI is InChI=1S/C13H17NO2/c1-2-16-13-7-11(8-14-9-13)10-4-3-5-12(15)6-10/h6-9,12,15H,2-5H2,1H3. The molecule has 0 spiro atoms. The molecule has 1 N–H and O–H groups in total. The van der Waals surface area contributed by atoms with Crippen molar-refractivity contribution in [3.63, 3.8) is 0 Å². The molecule has 3 heteroatoms. The summed E-state index contributed by atoms with van der Waals surface area (Å²) in [5.41, 5.74) is 2.23. The van der Waals surface area contributed by atoms with Crippen LogP contribution in [0, 0.1) is 0 Å². The van der Waals surface area contributed by atoms with Crippen LogP contribution in [0.4, 0.5) is 0 Å². The first-order valence-corrected chi connectivity index (χ1v) is 5.76. The van der Waals surface area contributed by atoms with Gasteiger partial charge in [-0.2, -0.15) is 0 Å². The van der Waals surface area contributed by atoms with Crippen molar-refractivity contribution in [2.24, 2.45) is 0 Å². The van der Waals surface area contributed by atoms with E-state index in [1.807, 2.05) is 25.3 Å². The molecular formula is C13H17NO2. The van der Waals surface area contributed by atoms with Crippen molar-refractivity contribution in [3.05, 3.63) is 30.1 Å². The molecule has 0 aliphatic heterocycles. The van der Waals surface area contributed by atoms with Gasteiger partial charge in [0, 0.05) is 6.20 Å². The minimum atomic E-state index is -0.306. The third-order valence-electron chi connectivity index (χ3n) is 2.73. The molecule has 16 heavy (non-hydrogen) atoms. The lowest BCUT2D eigenvalue weighted by Crippen LogP contribution is -2.08. The zero-order valence-electron chi connectivity index (χ0n) is 9.52. The van der Waals surface area contributed by atoms with Crippen molar-refractivity contribution in [1.82, 2.24) is 4.98 Å². The van der Waals surface area contributed by atoms with E-state index in [0.717, 1.165) is 30.6 Å². The van der Waals surface area contributed by atoms with Crippen LogP contribution in [-0.2, 0) is 0 Å². The van der Waals surface area contributed by atoms with Gasteiger partial charge >= 0.3 is 0 Å². The Morgan fingerprint density at radius 3 is 3.12 bits per heavy atom. The number of allylic oxidation sites excluding steroid dienone is 1. The van der Waals surface area contributed by atoms with Crippen molar-refractivity contribution in [3.8, 4) is 5.75 Å². The van der Waals surface area contributed by atoms with Gasteiger partial charge < -0.3 is 9.84 Å². The highest BCUT2D eigenvalue weighted by Gasteiger charge is 2.12. The maximum atomic E-state index is 9.59. The van der Waals surface area contributed by atoms with Crippen molar-refractivity contribution < 1.29 is 9.84 Å². The largest absolute Gasteiger partial charge is 0.492 e. The topological polar surface area (TPSA) is 42.4 Å². The van der Waals surface area contributed by atoms with E-state index in [4.69, 9.17) is 4.74 Å².